The molecule has 0 spiro atoms. The lowest BCUT2D eigenvalue weighted by Gasteiger charge is -2.14. The Labute approximate surface area is 214 Å². The maximum atomic E-state index is 12.8. The van der Waals surface area contributed by atoms with Crippen LogP contribution in [0, 0.1) is 24.1 Å². The van der Waals surface area contributed by atoms with Crippen molar-refractivity contribution in [3.8, 4) is 21.9 Å². The number of hydrogen-bond donors (Lipinski definition) is 1. The lowest BCUT2D eigenvalue weighted by atomic mass is 10.1. The Morgan fingerprint density at radius 1 is 1.00 bits per heavy atom. The number of nitrogen functional groups attached to an aromatic ring is 1. The predicted octanol–water partition coefficient (Wildman–Crippen LogP) is 4.09. The first-order chi connectivity index (χ1) is 17.1. The number of esters is 2. The van der Waals surface area contributed by atoms with Gasteiger partial charge in [-0.25, -0.2) is 4.79 Å². The van der Waals surface area contributed by atoms with E-state index in [4.69, 9.17) is 27.4 Å². The standard InChI is InChI=1S/C20H15N3O10S3/c21-12-3-6-15(16(7-12)32-18(24)8-14(33-23(28)29)10-30-22(26)27)20(25)31-13-4-1-11(2-5-13)17-9-19(34)36-35-17/h1-7,9,14H,8,10,21H2. The molecule has 1 unspecified atom stereocenters. The van der Waals surface area contributed by atoms with Gasteiger partial charge >= 0.3 is 11.9 Å². The van der Waals surface area contributed by atoms with Gasteiger partial charge in [-0.15, -0.1) is 20.2 Å². The molecule has 0 radical (unpaired) electrons. The molecule has 1 aromatic heterocycles. The van der Waals surface area contributed by atoms with Gasteiger partial charge in [-0.2, -0.15) is 0 Å². The van der Waals surface area contributed by atoms with Crippen LogP contribution in [0.1, 0.15) is 16.8 Å². The maximum absolute atomic E-state index is 12.8. The Kier molecular flexibility index (Phi) is 8.82. The van der Waals surface area contributed by atoms with E-state index in [0.29, 0.717) is 0 Å². The Hall–Kier alpha value is -4.15. The predicted molar refractivity (Wildman–Crippen MR) is 129 cm³/mol. The molecule has 0 amide bonds. The third-order valence-electron chi connectivity index (χ3n) is 4.26. The molecule has 0 fully saturated rings. The topological polar surface area (TPSA) is 183 Å². The molecule has 0 aliphatic carbocycles. The number of benzene rings is 2. The molecule has 1 atom stereocenters. The molecule has 2 aromatic carbocycles. The van der Waals surface area contributed by atoms with Crippen molar-refractivity contribution in [2.45, 2.75) is 12.5 Å². The summed E-state index contributed by atoms with van der Waals surface area (Å²) >= 11 is 5.13. The summed E-state index contributed by atoms with van der Waals surface area (Å²) in [5.74, 6) is -2.04. The summed E-state index contributed by atoms with van der Waals surface area (Å²) < 4.78 is 11.3. The molecule has 3 aromatic rings. The van der Waals surface area contributed by atoms with E-state index in [2.05, 4.69) is 9.68 Å². The number of carbonyl (C=O) groups is 2. The van der Waals surface area contributed by atoms with Gasteiger partial charge in [0.1, 0.15) is 33.6 Å². The minimum atomic E-state index is -1.63. The van der Waals surface area contributed by atoms with Crippen molar-refractivity contribution in [2.75, 3.05) is 12.3 Å². The van der Waals surface area contributed by atoms with Gasteiger partial charge in [0.25, 0.3) is 10.2 Å². The average molecular weight is 554 g/mol. The van der Waals surface area contributed by atoms with Crippen LogP contribution in [0.25, 0.3) is 10.4 Å². The molecular weight excluding hydrogens is 538 g/mol. The van der Waals surface area contributed by atoms with Crippen molar-refractivity contribution in [1.82, 2.24) is 0 Å². The zero-order valence-corrected chi connectivity index (χ0v) is 20.3. The summed E-state index contributed by atoms with van der Waals surface area (Å²) in [6.45, 7) is -0.898. The van der Waals surface area contributed by atoms with Crippen LogP contribution in [0.2, 0.25) is 0 Å². The highest BCUT2D eigenvalue weighted by Gasteiger charge is 2.24. The first-order valence-electron chi connectivity index (χ1n) is 9.72. The zero-order chi connectivity index (χ0) is 26.2. The van der Waals surface area contributed by atoms with Crippen LogP contribution >= 0.6 is 32.9 Å². The largest absolute Gasteiger partial charge is 0.425 e. The van der Waals surface area contributed by atoms with Gasteiger partial charge in [-0.3, -0.25) is 4.79 Å². The lowest BCUT2D eigenvalue weighted by Crippen LogP contribution is -2.29. The van der Waals surface area contributed by atoms with E-state index in [1.807, 2.05) is 6.07 Å². The maximum Gasteiger partial charge on any atom is 0.347 e. The van der Waals surface area contributed by atoms with Crippen LogP contribution in [0.15, 0.2) is 48.5 Å². The fourth-order valence-corrected chi connectivity index (χ4v) is 5.16. The third-order valence-corrected chi connectivity index (χ3v) is 7.17. The molecule has 0 aliphatic heterocycles. The molecule has 2 N–H and O–H groups in total. The molecular formula is C20H15N3O10S3. The Morgan fingerprint density at radius 2 is 1.72 bits per heavy atom. The van der Waals surface area contributed by atoms with Gasteiger partial charge < -0.3 is 24.9 Å². The zero-order valence-electron chi connectivity index (χ0n) is 17.9. The van der Waals surface area contributed by atoms with Crippen LogP contribution in [-0.2, 0) is 14.5 Å². The fraction of sp³-hybridized carbons (Fsp3) is 0.150. The SMILES string of the molecule is Nc1ccc(C(=O)Oc2ccc(-c3cc(=S)ss3)cc2)c(OC(=O)CC(CO[N+](=O)[O-])O[N+](=O)[O-])c1. The summed E-state index contributed by atoms with van der Waals surface area (Å²) in [6, 6.07) is 12.4. The van der Waals surface area contributed by atoms with Crippen molar-refractivity contribution < 1.29 is 38.9 Å². The van der Waals surface area contributed by atoms with Gasteiger partial charge in [-0.05, 0) is 48.0 Å². The third kappa shape index (κ3) is 7.69. The van der Waals surface area contributed by atoms with Crippen molar-refractivity contribution in [3.63, 3.8) is 0 Å². The molecule has 0 bridgehead atoms. The molecule has 0 saturated carbocycles. The smallest absolute Gasteiger partial charge is 0.347 e. The number of rotatable bonds is 11. The molecule has 3 rings (SSSR count). The highest BCUT2D eigenvalue weighted by molar-refractivity contribution is 7.80. The van der Waals surface area contributed by atoms with Gasteiger partial charge in [-0.1, -0.05) is 32.9 Å². The van der Waals surface area contributed by atoms with Gasteiger partial charge in [0, 0.05) is 16.6 Å². The molecule has 188 valence electrons. The van der Waals surface area contributed by atoms with Crippen LogP contribution in [0.5, 0.6) is 11.5 Å². The molecule has 16 heteroatoms. The molecule has 1 heterocycles. The Bertz CT molecular complexity index is 1340. The fourth-order valence-electron chi connectivity index (χ4n) is 2.76. The van der Waals surface area contributed by atoms with E-state index in [-0.39, 0.29) is 22.7 Å². The van der Waals surface area contributed by atoms with Gasteiger partial charge in [0.05, 0.1) is 6.42 Å². The first kappa shape index (κ1) is 26.5. The van der Waals surface area contributed by atoms with Crippen LogP contribution in [-0.4, -0.2) is 34.8 Å². The monoisotopic (exact) mass is 553 g/mol. The van der Waals surface area contributed by atoms with E-state index in [1.54, 1.807) is 24.3 Å². The summed E-state index contributed by atoms with van der Waals surface area (Å²) in [6.07, 6.45) is -2.43. The lowest BCUT2D eigenvalue weighted by molar-refractivity contribution is -0.789. The second kappa shape index (κ2) is 12.0. The highest BCUT2D eigenvalue weighted by Crippen LogP contribution is 2.31. The van der Waals surface area contributed by atoms with Crippen LogP contribution in [0.3, 0.4) is 0 Å². The quantitative estimate of drug-likeness (QED) is 0.0683. The van der Waals surface area contributed by atoms with E-state index in [1.165, 1.54) is 38.9 Å². The van der Waals surface area contributed by atoms with Crippen molar-refractivity contribution in [1.29, 1.82) is 0 Å². The number of ether oxygens (including phenoxy) is 2. The van der Waals surface area contributed by atoms with Crippen molar-refractivity contribution >= 4 is 50.5 Å². The van der Waals surface area contributed by atoms with Gasteiger partial charge in [0.15, 0.2) is 0 Å². The minimum Gasteiger partial charge on any atom is -0.425 e. The van der Waals surface area contributed by atoms with Crippen molar-refractivity contribution in [3.05, 3.63) is 78.1 Å². The second-order valence-corrected chi connectivity index (χ2v) is 9.72. The van der Waals surface area contributed by atoms with Gasteiger partial charge in [0.2, 0.25) is 0 Å². The molecule has 13 nitrogen and oxygen atoms in total. The van der Waals surface area contributed by atoms with E-state index in [0.717, 1.165) is 14.3 Å². The Morgan fingerprint density at radius 3 is 2.33 bits per heavy atom. The average Bonchev–Trinajstić information content (AvgIpc) is 3.23. The molecule has 0 aliphatic rings. The highest BCUT2D eigenvalue weighted by atomic mass is 32.9. The summed E-state index contributed by atoms with van der Waals surface area (Å²) in [5.41, 5.74) is 6.59. The number of carbonyl (C=O) groups excluding carboxylic acids is 2. The van der Waals surface area contributed by atoms with E-state index < -0.39 is 41.2 Å². The summed E-state index contributed by atoms with van der Waals surface area (Å²) in [4.78, 5) is 55.2. The second-order valence-electron chi connectivity index (χ2n) is 6.81. The number of hydrogen-bond acceptors (Lipinski definition) is 14. The first-order valence-corrected chi connectivity index (χ1v) is 12.3. The van der Waals surface area contributed by atoms with Crippen LogP contribution < -0.4 is 15.2 Å². The number of nitrogens with zero attached hydrogens (tertiary/aromatic N) is 2. The minimum absolute atomic E-state index is 0.145. The Balaban J connectivity index is 1.71. The van der Waals surface area contributed by atoms with E-state index >= 15 is 0 Å². The normalized spacial score (nSPS) is 11.2. The van der Waals surface area contributed by atoms with Crippen LogP contribution in [0.4, 0.5) is 5.69 Å². The number of nitrogens with two attached hydrogens (primary N) is 1. The number of anilines is 1. The summed E-state index contributed by atoms with van der Waals surface area (Å²) in [7, 11) is 2.99. The molecule has 0 saturated heterocycles. The summed E-state index contributed by atoms with van der Waals surface area (Å²) in [5, 5.41) is 18.5. The van der Waals surface area contributed by atoms with Crippen molar-refractivity contribution in [2.24, 2.45) is 0 Å². The molecule has 36 heavy (non-hydrogen) atoms. The van der Waals surface area contributed by atoms with E-state index in [9.17, 15) is 29.8 Å².